The van der Waals surface area contributed by atoms with Gasteiger partial charge < -0.3 is 14.2 Å². The van der Waals surface area contributed by atoms with Gasteiger partial charge in [0.25, 0.3) is 0 Å². The molecule has 0 aliphatic carbocycles. The third-order valence-corrected chi connectivity index (χ3v) is 14.6. The Balaban J connectivity index is 4.19. The SMILES string of the molecule is CC/C=C\C/C=C\C/C=C\C/C=C\C/C=C\C/C=C\CCCCCCCCCCCCCCCCCCC(=O)OCC(COC(=O)CCCCC/C=C\C/C=C\C/C=C\CC)OC(=O)CCCCCCCCC/C=C\C/C=C\CCCCC. The quantitative estimate of drug-likeness (QED) is 0.0261. The number of carbonyl (C=O) groups is 3. The van der Waals surface area contributed by atoms with E-state index in [0.29, 0.717) is 19.3 Å². The smallest absolute Gasteiger partial charge is 0.306 e. The number of rotatable bonds is 62. The van der Waals surface area contributed by atoms with Crippen molar-refractivity contribution in [1.82, 2.24) is 0 Å². The molecule has 0 aliphatic rings. The maximum Gasteiger partial charge on any atom is 0.306 e. The van der Waals surface area contributed by atoms with Crippen LogP contribution in [0.5, 0.6) is 0 Å². The van der Waals surface area contributed by atoms with Crippen molar-refractivity contribution < 1.29 is 28.6 Å². The van der Waals surface area contributed by atoms with Crippen molar-refractivity contribution in [2.75, 3.05) is 13.2 Å². The minimum absolute atomic E-state index is 0.0912. The van der Waals surface area contributed by atoms with E-state index in [9.17, 15) is 14.4 Å². The maximum absolute atomic E-state index is 12.9. The van der Waals surface area contributed by atoms with E-state index in [-0.39, 0.29) is 31.1 Å². The van der Waals surface area contributed by atoms with Gasteiger partial charge in [-0.25, -0.2) is 0 Å². The third kappa shape index (κ3) is 68.2. The molecular weight excluding hydrogens is 1020 g/mol. The van der Waals surface area contributed by atoms with Gasteiger partial charge in [0.15, 0.2) is 6.10 Å². The predicted octanol–water partition coefficient (Wildman–Crippen LogP) is 24.1. The lowest BCUT2D eigenvalue weighted by atomic mass is 10.0. The van der Waals surface area contributed by atoms with Gasteiger partial charge >= 0.3 is 17.9 Å². The Morgan fingerprint density at radius 1 is 0.253 bits per heavy atom. The Morgan fingerprint density at radius 2 is 0.470 bits per heavy atom. The molecule has 0 aliphatic heterocycles. The monoisotopic (exact) mass is 1150 g/mol. The Bertz CT molecular complexity index is 1750. The van der Waals surface area contributed by atoms with Gasteiger partial charge in [0, 0.05) is 19.3 Å². The van der Waals surface area contributed by atoms with E-state index >= 15 is 0 Å². The summed E-state index contributed by atoms with van der Waals surface area (Å²) in [6.45, 7) is 6.37. The summed E-state index contributed by atoms with van der Waals surface area (Å²) in [7, 11) is 0. The van der Waals surface area contributed by atoms with Crippen LogP contribution in [-0.4, -0.2) is 37.2 Å². The number of unbranched alkanes of at least 4 members (excludes halogenated alkanes) is 29. The van der Waals surface area contributed by atoms with Crippen LogP contribution in [0.15, 0.2) is 134 Å². The summed E-state index contributed by atoms with van der Waals surface area (Å²) >= 11 is 0. The van der Waals surface area contributed by atoms with E-state index in [1.807, 2.05) is 0 Å². The molecule has 0 saturated carbocycles. The number of esters is 3. The number of ether oxygens (including phenoxy) is 3. The van der Waals surface area contributed by atoms with Crippen LogP contribution in [0.25, 0.3) is 0 Å². The molecule has 472 valence electrons. The molecule has 0 rings (SSSR count). The average Bonchev–Trinajstić information content (AvgIpc) is 3.49. The van der Waals surface area contributed by atoms with Crippen LogP contribution >= 0.6 is 0 Å². The largest absolute Gasteiger partial charge is 0.462 e. The highest BCUT2D eigenvalue weighted by Crippen LogP contribution is 2.17. The molecule has 0 aromatic heterocycles. The molecule has 0 radical (unpaired) electrons. The first-order chi connectivity index (χ1) is 41.0. The molecule has 6 heteroatoms. The lowest BCUT2D eigenvalue weighted by molar-refractivity contribution is -0.167. The Labute approximate surface area is 513 Å². The first kappa shape index (κ1) is 78.5. The van der Waals surface area contributed by atoms with Gasteiger partial charge in [-0.1, -0.05) is 296 Å². The zero-order valence-electron chi connectivity index (χ0n) is 54.2. The summed E-state index contributed by atoms with van der Waals surface area (Å²) in [6.07, 6.45) is 99.1. The van der Waals surface area contributed by atoms with Crippen molar-refractivity contribution in [3.8, 4) is 0 Å². The van der Waals surface area contributed by atoms with Gasteiger partial charge in [-0.15, -0.1) is 0 Å². The van der Waals surface area contributed by atoms with Gasteiger partial charge in [-0.05, 0) is 135 Å². The molecule has 1 unspecified atom stereocenters. The first-order valence-electron chi connectivity index (χ1n) is 34.7. The van der Waals surface area contributed by atoms with Crippen molar-refractivity contribution in [1.29, 1.82) is 0 Å². The molecule has 0 spiro atoms. The number of hydrogen-bond acceptors (Lipinski definition) is 6. The molecule has 0 aromatic rings. The van der Waals surface area contributed by atoms with Gasteiger partial charge in [-0.2, -0.15) is 0 Å². The van der Waals surface area contributed by atoms with Crippen LogP contribution in [0.4, 0.5) is 0 Å². The zero-order valence-corrected chi connectivity index (χ0v) is 54.2. The van der Waals surface area contributed by atoms with Crippen molar-refractivity contribution in [2.45, 2.75) is 322 Å². The highest BCUT2D eigenvalue weighted by atomic mass is 16.6. The van der Waals surface area contributed by atoms with E-state index < -0.39 is 6.10 Å². The molecule has 0 amide bonds. The lowest BCUT2D eigenvalue weighted by Crippen LogP contribution is -2.30. The summed E-state index contributed by atoms with van der Waals surface area (Å²) in [5.41, 5.74) is 0. The zero-order chi connectivity index (χ0) is 59.9. The average molecular weight is 1150 g/mol. The topological polar surface area (TPSA) is 78.9 Å². The van der Waals surface area contributed by atoms with E-state index in [1.54, 1.807) is 0 Å². The van der Waals surface area contributed by atoms with Crippen molar-refractivity contribution >= 4 is 17.9 Å². The van der Waals surface area contributed by atoms with Crippen molar-refractivity contribution in [3.63, 3.8) is 0 Å². The van der Waals surface area contributed by atoms with E-state index in [2.05, 4.69) is 154 Å². The minimum Gasteiger partial charge on any atom is -0.462 e. The minimum atomic E-state index is -0.798. The van der Waals surface area contributed by atoms with Crippen LogP contribution in [0.2, 0.25) is 0 Å². The predicted molar refractivity (Wildman–Crippen MR) is 362 cm³/mol. The Hall–Kier alpha value is -4.45. The second-order valence-corrected chi connectivity index (χ2v) is 22.7. The lowest BCUT2D eigenvalue weighted by Gasteiger charge is -2.18. The van der Waals surface area contributed by atoms with Crippen LogP contribution < -0.4 is 0 Å². The van der Waals surface area contributed by atoms with Gasteiger partial charge in [-0.3, -0.25) is 14.4 Å². The first-order valence-corrected chi connectivity index (χ1v) is 34.7. The second-order valence-electron chi connectivity index (χ2n) is 22.7. The van der Waals surface area contributed by atoms with Crippen LogP contribution in [-0.2, 0) is 28.6 Å². The Kier molecular flexibility index (Phi) is 66.3. The molecule has 0 N–H and O–H groups in total. The molecule has 0 bridgehead atoms. The number of carbonyl (C=O) groups excluding carboxylic acids is 3. The van der Waals surface area contributed by atoms with Crippen LogP contribution in [0, 0.1) is 0 Å². The summed E-state index contributed by atoms with van der Waals surface area (Å²) in [5.74, 6) is -0.922. The molecule has 1 atom stereocenters. The van der Waals surface area contributed by atoms with E-state index in [1.165, 1.54) is 141 Å². The highest BCUT2D eigenvalue weighted by molar-refractivity contribution is 5.71. The summed E-state index contributed by atoms with van der Waals surface area (Å²) in [4.78, 5) is 38.3. The third-order valence-electron chi connectivity index (χ3n) is 14.6. The molecule has 6 nitrogen and oxygen atoms in total. The number of hydrogen-bond donors (Lipinski definition) is 0. The fourth-order valence-corrected chi connectivity index (χ4v) is 9.49. The normalized spacial score (nSPS) is 13.0. The summed E-state index contributed by atoms with van der Waals surface area (Å²) < 4.78 is 16.9. The molecule has 0 fully saturated rings. The molecule has 0 heterocycles. The van der Waals surface area contributed by atoms with Crippen molar-refractivity contribution in [3.05, 3.63) is 134 Å². The number of allylic oxidation sites excluding steroid dienone is 22. The highest BCUT2D eigenvalue weighted by Gasteiger charge is 2.19. The maximum atomic E-state index is 12.9. The second kappa shape index (κ2) is 70.0. The van der Waals surface area contributed by atoms with E-state index in [0.717, 1.165) is 135 Å². The molecular formula is C77H128O6. The molecule has 0 aromatic carbocycles. The van der Waals surface area contributed by atoms with Gasteiger partial charge in [0.2, 0.25) is 0 Å². The van der Waals surface area contributed by atoms with Crippen LogP contribution in [0.1, 0.15) is 316 Å². The van der Waals surface area contributed by atoms with Crippen molar-refractivity contribution in [2.24, 2.45) is 0 Å². The fourth-order valence-electron chi connectivity index (χ4n) is 9.49. The van der Waals surface area contributed by atoms with E-state index in [4.69, 9.17) is 14.2 Å². The van der Waals surface area contributed by atoms with Gasteiger partial charge in [0.05, 0.1) is 0 Å². The fraction of sp³-hybridized carbons (Fsp3) is 0.675. The standard InChI is InChI=1S/C77H128O6/c1-4-7-10-13-16-19-22-25-27-29-30-31-32-33-34-35-36-37-38-39-40-41-42-43-44-45-46-48-49-52-55-58-61-64-67-70-76(79)82-73-74(72-81-75(78)69-66-63-60-57-54-51-24-21-18-15-12-9-6-3)83-77(80)71-68-65-62-59-56-53-50-47-28-26-23-20-17-14-11-8-5-2/h7,9-10,12,16-21,25-28,30-31,33-34,36-37,51,54,74H,4-6,8,11,13-15,22-24,29,32,35,38-50,52-53,55-73H2,1-3H3/b10-7-,12-9-,19-16-,20-17-,21-18-,27-25-,28-26-,31-30-,34-33-,37-36-,54-51-. The molecule has 83 heavy (non-hydrogen) atoms. The van der Waals surface area contributed by atoms with Gasteiger partial charge in [0.1, 0.15) is 13.2 Å². The summed E-state index contributed by atoms with van der Waals surface area (Å²) in [6, 6.07) is 0. The van der Waals surface area contributed by atoms with Crippen LogP contribution in [0.3, 0.4) is 0 Å². The molecule has 0 saturated heterocycles. The summed E-state index contributed by atoms with van der Waals surface area (Å²) in [5, 5.41) is 0. The Morgan fingerprint density at radius 3 is 0.747 bits per heavy atom.